The van der Waals surface area contributed by atoms with E-state index in [0.717, 1.165) is 0 Å². The predicted molar refractivity (Wildman–Crippen MR) is 83.2 cm³/mol. The molecule has 0 radical (unpaired) electrons. The Hall–Kier alpha value is -1.75. The van der Waals surface area contributed by atoms with Crippen LogP contribution >= 0.6 is 11.6 Å². The summed E-state index contributed by atoms with van der Waals surface area (Å²) in [6.45, 7) is 4.81. The van der Waals surface area contributed by atoms with Crippen LogP contribution in [0.25, 0.3) is 0 Å². The normalized spacial score (nSPS) is 10.5. The number of esters is 1. The van der Waals surface area contributed by atoms with Crippen LogP contribution in [-0.4, -0.2) is 37.0 Å². The van der Waals surface area contributed by atoms with E-state index < -0.39 is 0 Å². The van der Waals surface area contributed by atoms with E-state index >= 15 is 0 Å². The number of benzene rings is 1. The third kappa shape index (κ3) is 5.27. The number of hydrogen-bond donors (Lipinski definition) is 1. The fraction of sp³-hybridized carbons (Fsp3) is 0.467. The van der Waals surface area contributed by atoms with Gasteiger partial charge >= 0.3 is 5.97 Å². The number of methoxy groups -OCH3 is 1. The summed E-state index contributed by atoms with van der Waals surface area (Å²) in [6, 6.07) is 4.79. The van der Waals surface area contributed by atoms with E-state index in [9.17, 15) is 9.59 Å². The molecule has 6 heteroatoms. The maximum Gasteiger partial charge on any atom is 0.307 e. The van der Waals surface area contributed by atoms with Gasteiger partial charge in [0.2, 0.25) is 0 Å². The van der Waals surface area contributed by atoms with E-state index in [-0.39, 0.29) is 30.8 Å². The molecule has 0 heterocycles. The molecule has 0 aliphatic rings. The molecule has 0 aliphatic heterocycles. The fourth-order valence-corrected chi connectivity index (χ4v) is 2.12. The van der Waals surface area contributed by atoms with Crippen LogP contribution in [0.2, 0.25) is 5.02 Å². The van der Waals surface area contributed by atoms with Crippen LogP contribution < -0.4 is 5.73 Å². The van der Waals surface area contributed by atoms with Crippen molar-refractivity contribution in [2.75, 3.05) is 25.9 Å². The summed E-state index contributed by atoms with van der Waals surface area (Å²) in [5, 5.41) is 0.348. The molecule has 0 spiro atoms. The Labute approximate surface area is 130 Å². The number of anilines is 1. The second kappa shape index (κ2) is 7.88. The Balaban J connectivity index is 2.93. The number of halogens is 1. The first kappa shape index (κ1) is 17.3. The molecule has 5 nitrogen and oxygen atoms in total. The summed E-state index contributed by atoms with van der Waals surface area (Å²) in [7, 11) is 1.33. The summed E-state index contributed by atoms with van der Waals surface area (Å²) < 4.78 is 4.61. The maximum atomic E-state index is 12.6. The number of nitrogens with two attached hydrogens (primary N) is 1. The molecular weight excluding hydrogens is 292 g/mol. The van der Waals surface area contributed by atoms with Gasteiger partial charge in [-0.15, -0.1) is 0 Å². The van der Waals surface area contributed by atoms with Crippen LogP contribution in [0, 0.1) is 5.92 Å². The number of hydrogen-bond acceptors (Lipinski definition) is 4. The quantitative estimate of drug-likeness (QED) is 0.647. The second-order valence-corrected chi connectivity index (χ2v) is 5.62. The van der Waals surface area contributed by atoms with Gasteiger partial charge < -0.3 is 15.4 Å². The summed E-state index contributed by atoms with van der Waals surface area (Å²) in [4.78, 5) is 25.5. The predicted octanol–water partition coefficient (Wildman–Crippen LogP) is 2.58. The monoisotopic (exact) mass is 312 g/mol. The summed E-state index contributed by atoms with van der Waals surface area (Å²) in [6.07, 6.45) is 0.148. The first-order valence-corrected chi connectivity index (χ1v) is 7.14. The Kier molecular flexibility index (Phi) is 6.49. The molecule has 21 heavy (non-hydrogen) atoms. The highest BCUT2D eigenvalue weighted by atomic mass is 35.5. The molecule has 1 rings (SSSR count). The highest BCUT2D eigenvalue weighted by Crippen LogP contribution is 2.21. The molecule has 0 saturated heterocycles. The van der Waals surface area contributed by atoms with Crippen molar-refractivity contribution in [3.8, 4) is 0 Å². The lowest BCUT2D eigenvalue weighted by Crippen LogP contribution is -2.36. The number of carbonyl (C=O) groups excluding carboxylic acids is 2. The Morgan fingerprint density at radius 2 is 2.05 bits per heavy atom. The average molecular weight is 313 g/mol. The first-order valence-electron chi connectivity index (χ1n) is 6.76. The van der Waals surface area contributed by atoms with Crippen molar-refractivity contribution in [3.63, 3.8) is 0 Å². The Bertz CT molecular complexity index is 518. The molecule has 0 aliphatic carbocycles. The van der Waals surface area contributed by atoms with Crippen molar-refractivity contribution in [1.82, 2.24) is 4.90 Å². The highest BCUT2D eigenvalue weighted by Gasteiger charge is 2.20. The van der Waals surface area contributed by atoms with E-state index in [4.69, 9.17) is 17.3 Å². The summed E-state index contributed by atoms with van der Waals surface area (Å²) in [5.41, 5.74) is 6.53. The van der Waals surface area contributed by atoms with Gasteiger partial charge in [0.25, 0.3) is 5.91 Å². The van der Waals surface area contributed by atoms with Gasteiger partial charge in [-0.05, 0) is 24.1 Å². The number of rotatable bonds is 6. The van der Waals surface area contributed by atoms with E-state index in [1.54, 1.807) is 23.1 Å². The molecule has 2 N–H and O–H groups in total. The van der Waals surface area contributed by atoms with Gasteiger partial charge in [-0.2, -0.15) is 0 Å². The minimum atomic E-state index is -0.352. The van der Waals surface area contributed by atoms with Crippen LogP contribution in [0.15, 0.2) is 18.2 Å². The van der Waals surface area contributed by atoms with Crippen molar-refractivity contribution in [1.29, 1.82) is 0 Å². The zero-order valence-electron chi connectivity index (χ0n) is 12.6. The van der Waals surface area contributed by atoms with Gasteiger partial charge in [-0.25, -0.2) is 0 Å². The van der Waals surface area contributed by atoms with Crippen LogP contribution in [0.1, 0.15) is 30.6 Å². The molecule has 0 bridgehead atoms. The fourth-order valence-electron chi connectivity index (χ4n) is 1.92. The first-order chi connectivity index (χ1) is 9.85. The van der Waals surface area contributed by atoms with Gasteiger partial charge in [-0.1, -0.05) is 25.4 Å². The van der Waals surface area contributed by atoms with Crippen LogP contribution in [0.5, 0.6) is 0 Å². The van der Waals surface area contributed by atoms with Crippen LogP contribution in [0.3, 0.4) is 0 Å². The van der Waals surface area contributed by atoms with Gasteiger partial charge in [-0.3, -0.25) is 9.59 Å². The van der Waals surface area contributed by atoms with Gasteiger partial charge in [0.1, 0.15) is 0 Å². The van der Waals surface area contributed by atoms with Gasteiger partial charge in [0.05, 0.1) is 24.1 Å². The second-order valence-electron chi connectivity index (χ2n) is 5.21. The standard InChI is InChI=1S/C15H21ClN2O3/c1-10(2)9-18(7-6-14(19)21-3)15(20)12-8-11(17)4-5-13(12)16/h4-5,8,10H,6-7,9,17H2,1-3H3. The minimum Gasteiger partial charge on any atom is -0.469 e. The number of nitrogens with zero attached hydrogens (tertiary/aromatic N) is 1. The molecule has 0 atom stereocenters. The highest BCUT2D eigenvalue weighted by molar-refractivity contribution is 6.34. The molecule has 1 aromatic rings. The molecule has 0 saturated carbocycles. The number of ether oxygens (including phenoxy) is 1. The average Bonchev–Trinajstić information content (AvgIpc) is 2.44. The largest absolute Gasteiger partial charge is 0.469 e. The lowest BCUT2D eigenvalue weighted by molar-refractivity contribution is -0.140. The van der Waals surface area contributed by atoms with Crippen molar-refractivity contribution < 1.29 is 14.3 Å². The number of carbonyl (C=O) groups is 2. The molecule has 0 aromatic heterocycles. The Morgan fingerprint density at radius 1 is 1.38 bits per heavy atom. The number of amides is 1. The molecular formula is C15H21ClN2O3. The van der Waals surface area contributed by atoms with Crippen molar-refractivity contribution in [2.45, 2.75) is 20.3 Å². The zero-order valence-corrected chi connectivity index (χ0v) is 13.3. The van der Waals surface area contributed by atoms with Crippen molar-refractivity contribution in [3.05, 3.63) is 28.8 Å². The Morgan fingerprint density at radius 3 is 2.62 bits per heavy atom. The maximum absolute atomic E-state index is 12.6. The summed E-state index contributed by atoms with van der Waals surface area (Å²) in [5.74, 6) is -0.313. The third-order valence-electron chi connectivity index (χ3n) is 2.91. The van der Waals surface area contributed by atoms with Crippen molar-refractivity contribution >= 4 is 29.2 Å². The SMILES string of the molecule is COC(=O)CCN(CC(C)C)C(=O)c1cc(N)ccc1Cl. The molecule has 116 valence electrons. The molecule has 0 unspecified atom stereocenters. The minimum absolute atomic E-state index is 0.148. The van der Waals surface area contributed by atoms with E-state index in [2.05, 4.69) is 4.74 Å². The van der Waals surface area contributed by atoms with Crippen LogP contribution in [0.4, 0.5) is 5.69 Å². The molecule has 0 fully saturated rings. The van der Waals surface area contributed by atoms with E-state index in [1.165, 1.54) is 7.11 Å². The lowest BCUT2D eigenvalue weighted by atomic mass is 10.1. The molecule has 1 amide bonds. The zero-order chi connectivity index (χ0) is 16.0. The van der Waals surface area contributed by atoms with Crippen molar-refractivity contribution in [2.24, 2.45) is 5.92 Å². The molecule has 1 aromatic carbocycles. The smallest absolute Gasteiger partial charge is 0.307 e. The third-order valence-corrected chi connectivity index (χ3v) is 3.24. The van der Waals surface area contributed by atoms with Gasteiger partial charge in [0, 0.05) is 18.8 Å². The lowest BCUT2D eigenvalue weighted by Gasteiger charge is -2.24. The van der Waals surface area contributed by atoms with E-state index in [1.807, 2.05) is 13.8 Å². The summed E-state index contributed by atoms with van der Waals surface area (Å²) >= 11 is 6.07. The topological polar surface area (TPSA) is 72.6 Å². The van der Waals surface area contributed by atoms with E-state index in [0.29, 0.717) is 22.8 Å². The number of nitrogen functional groups attached to an aromatic ring is 1. The van der Waals surface area contributed by atoms with Crippen LogP contribution in [-0.2, 0) is 9.53 Å². The van der Waals surface area contributed by atoms with Gasteiger partial charge in [0.15, 0.2) is 0 Å².